The van der Waals surface area contributed by atoms with Crippen LogP contribution in [0.4, 0.5) is 0 Å². The first-order valence-electron chi connectivity index (χ1n) is 6.56. The quantitative estimate of drug-likeness (QED) is 0.777. The smallest absolute Gasteiger partial charge is 0.0615 e. The molecule has 0 aromatic rings. The molecule has 0 aromatic carbocycles. The molecular weight excluding hydrogens is 200 g/mol. The monoisotopic (exact) mass is 228 g/mol. The van der Waals surface area contributed by atoms with Gasteiger partial charge in [-0.3, -0.25) is 4.90 Å². The Morgan fingerprint density at radius 1 is 1.50 bits per heavy atom. The number of hydrogen-bond acceptors (Lipinski definition) is 3. The third-order valence-electron chi connectivity index (χ3n) is 4.08. The van der Waals surface area contributed by atoms with Gasteiger partial charge in [-0.1, -0.05) is 13.8 Å². The van der Waals surface area contributed by atoms with Crippen molar-refractivity contribution in [2.45, 2.75) is 58.2 Å². The zero-order valence-electron chi connectivity index (χ0n) is 11.5. The molecule has 0 saturated carbocycles. The van der Waals surface area contributed by atoms with Crippen LogP contribution in [0.25, 0.3) is 0 Å². The van der Waals surface area contributed by atoms with Crippen LogP contribution in [-0.4, -0.2) is 49.3 Å². The number of rotatable bonds is 5. The van der Waals surface area contributed by atoms with Crippen molar-refractivity contribution in [2.24, 2.45) is 0 Å². The lowest BCUT2D eigenvalue weighted by molar-refractivity contribution is -0.0120. The Morgan fingerprint density at radius 3 is 2.69 bits per heavy atom. The van der Waals surface area contributed by atoms with E-state index in [2.05, 4.69) is 37.9 Å². The van der Waals surface area contributed by atoms with Crippen LogP contribution in [0.15, 0.2) is 0 Å². The van der Waals surface area contributed by atoms with Crippen molar-refractivity contribution in [1.29, 1.82) is 0 Å². The largest absolute Gasteiger partial charge is 0.383 e. The van der Waals surface area contributed by atoms with E-state index in [0.29, 0.717) is 12.1 Å². The van der Waals surface area contributed by atoms with Gasteiger partial charge in [-0.15, -0.1) is 0 Å². The minimum atomic E-state index is 0.281. The average Bonchev–Trinajstić information content (AvgIpc) is 2.30. The van der Waals surface area contributed by atoms with Crippen molar-refractivity contribution in [3.63, 3.8) is 0 Å². The maximum atomic E-state index is 5.30. The molecule has 3 nitrogen and oxygen atoms in total. The fraction of sp³-hybridized carbons (Fsp3) is 1.00. The second-order valence-electron chi connectivity index (χ2n) is 5.29. The summed E-state index contributed by atoms with van der Waals surface area (Å²) in [5.74, 6) is 0. The lowest BCUT2D eigenvalue weighted by atomic mass is 9.90. The van der Waals surface area contributed by atoms with Crippen molar-refractivity contribution >= 4 is 0 Å². The SMILES string of the molecule is CCC1CN(C(C)COC)C(C)(CC)CN1. The van der Waals surface area contributed by atoms with E-state index in [1.54, 1.807) is 7.11 Å². The zero-order chi connectivity index (χ0) is 12.2. The van der Waals surface area contributed by atoms with Crippen molar-refractivity contribution < 1.29 is 4.74 Å². The van der Waals surface area contributed by atoms with Crippen LogP contribution >= 0.6 is 0 Å². The van der Waals surface area contributed by atoms with E-state index in [1.807, 2.05) is 0 Å². The van der Waals surface area contributed by atoms with Crippen LogP contribution in [0.1, 0.15) is 40.5 Å². The summed E-state index contributed by atoms with van der Waals surface area (Å²) in [6.45, 7) is 12.2. The van der Waals surface area contributed by atoms with E-state index in [-0.39, 0.29) is 5.54 Å². The molecule has 0 amide bonds. The molecule has 0 aliphatic carbocycles. The number of hydrogen-bond donors (Lipinski definition) is 1. The predicted molar refractivity (Wildman–Crippen MR) is 68.8 cm³/mol. The van der Waals surface area contributed by atoms with Crippen molar-refractivity contribution in [3.05, 3.63) is 0 Å². The van der Waals surface area contributed by atoms with Gasteiger partial charge in [0.1, 0.15) is 0 Å². The summed E-state index contributed by atoms with van der Waals surface area (Å²) in [5, 5.41) is 3.65. The van der Waals surface area contributed by atoms with Crippen LogP contribution in [0.2, 0.25) is 0 Å². The molecular formula is C13H28N2O. The van der Waals surface area contributed by atoms with Gasteiger partial charge in [-0.05, 0) is 26.7 Å². The maximum absolute atomic E-state index is 5.30. The molecule has 16 heavy (non-hydrogen) atoms. The van der Waals surface area contributed by atoms with Gasteiger partial charge in [0, 0.05) is 37.8 Å². The Morgan fingerprint density at radius 2 is 2.19 bits per heavy atom. The van der Waals surface area contributed by atoms with Gasteiger partial charge in [0.25, 0.3) is 0 Å². The van der Waals surface area contributed by atoms with Crippen LogP contribution < -0.4 is 5.32 Å². The van der Waals surface area contributed by atoms with Crippen molar-refractivity contribution in [3.8, 4) is 0 Å². The Hall–Kier alpha value is -0.120. The van der Waals surface area contributed by atoms with Crippen molar-refractivity contribution in [1.82, 2.24) is 10.2 Å². The molecule has 1 rings (SSSR count). The molecule has 3 unspecified atom stereocenters. The standard InChI is InChI=1S/C13H28N2O/c1-6-12-8-15(11(3)9-16-5)13(4,7-2)10-14-12/h11-12,14H,6-10H2,1-5H3. The highest BCUT2D eigenvalue weighted by atomic mass is 16.5. The van der Waals surface area contributed by atoms with Crippen LogP contribution in [0, 0.1) is 0 Å². The number of ether oxygens (including phenoxy) is 1. The summed E-state index contributed by atoms with van der Waals surface area (Å²) >= 11 is 0. The van der Waals surface area contributed by atoms with Gasteiger partial charge >= 0.3 is 0 Å². The summed E-state index contributed by atoms with van der Waals surface area (Å²) < 4.78 is 5.30. The van der Waals surface area contributed by atoms with Gasteiger partial charge in [0.15, 0.2) is 0 Å². The van der Waals surface area contributed by atoms with Gasteiger partial charge in [-0.2, -0.15) is 0 Å². The molecule has 3 atom stereocenters. The lowest BCUT2D eigenvalue weighted by Crippen LogP contribution is -2.65. The van der Waals surface area contributed by atoms with Gasteiger partial charge in [0.05, 0.1) is 6.61 Å². The van der Waals surface area contributed by atoms with E-state index in [4.69, 9.17) is 4.74 Å². The normalized spacial score (nSPS) is 33.9. The summed E-state index contributed by atoms with van der Waals surface area (Å²) in [4.78, 5) is 2.63. The molecule has 96 valence electrons. The number of methoxy groups -OCH3 is 1. The zero-order valence-corrected chi connectivity index (χ0v) is 11.5. The van der Waals surface area contributed by atoms with Crippen LogP contribution in [0.5, 0.6) is 0 Å². The molecule has 0 spiro atoms. The highest BCUT2D eigenvalue weighted by Crippen LogP contribution is 2.26. The van der Waals surface area contributed by atoms with Crippen molar-refractivity contribution in [2.75, 3.05) is 26.8 Å². The molecule has 0 bridgehead atoms. The third kappa shape index (κ3) is 2.96. The second-order valence-corrected chi connectivity index (χ2v) is 5.29. The molecule has 0 aromatic heterocycles. The Labute approximate surface area is 101 Å². The first-order chi connectivity index (χ1) is 7.57. The van der Waals surface area contributed by atoms with E-state index in [9.17, 15) is 0 Å². The summed E-state index contributed by atoms with van der Waals surface area (Å²) in [7, 11) is 1.79. The molecule has 1 fully saturated rings. The fourth-order valence-electron chi connectivity index (χ4n) is 2.63. The third-order valence-corrected chi connectivity index (χ3v) is 4.08. The van der Waals surface area contributed by atoms with Gasteiger partial charge in [0.2, 0.25) is 0 Å². The van der Waals surface area contributed by atoms with E-state index >= 15 is 0 Å². The van der Waals surface area contributed by atoms with Gasteiger partial charge in [-0.25, -0.2) is 0 Å². The Bertz CT molecular complexity index is 210. The fourth-order valence-corrected chi connectivity index (χ4v) is 2.63. The highest BCUT2D eigenvalue weighted by molar-refractivity contribution is 4.96. The molecule has 1 saturated heterocycles. The Balaban J connectivity index is 2.71. The van der Waals surface area contributed by atoms with Crippen LogP contribution in [0.3, 0.4) is 0 Å². The van der Waals surface area contributed by atoms with E-state index < -0.39 is 0 Å². The van der Waals surface area contributed by atoms with E-state index in [1.165, 1.54) is 12.8 Å². The molecule has 1 N–H and O–H groups in total. The average molecular weight is 228 g/mol. The molecule has 0 radical (unpaired) electrons. The van der Waals surface area contributed by atoms with Gasteiger partial charge < -0.3 is 10.1 Å². The first-order valence-corrected chi connectivity index (χ1v) is 6.56. The highest BCUT2D eigenvalue weighted by Gasteiger charge is 2.38. The van der Waals surface area contributed by atoms with E-state index in [0.717, 1.165) is 19.7 Å². The summed E-state index contributed by atoms with van der Waals surface area (Å²) in [5.41, 5.74) is 0.281. The maximum Gasteiger partial charge on any atom is 0.0615 e. The molecule has 1 heterocycles. The summed E-state index contributed by atoms with van der Waals surface area (Å²) in [6, 6.07) is 1.14. The minimum absolute atomic E-state index is 0.281. The predicted octanol–water partition coefficient (Wildman–Crippen LogP) is 1.87. The number of nitrogens with zero attached hydrogens (tertiary/aromatic N) is 1. The second kappa shape index (κ2) is 5.99. The lowest BCUT2D eigenvalue weighted by Gasteiger charge is -2.50. The molecule has 3 heteroatoms. The Kier molecular flexibility index (Phi) is 5.22. The number of nitrogens with one attached hydrogen (secondary N) is 1. The molecule has 1 aliphatic heterocycles. The van der Waals surface area contributed by atoms with Crippen LogP contribution in [-0.2, 0) is 4.74 Å². The minimum Gasteiger partial charge on any atom is -0.383 e. The first kappa shape index (κ1) is 13.9. The molecule has 1 aliphatic rings. The number of piperazine rings is 1. The topological polar surface area (TPSA) is 24.5 Å². The summed E-state index contributed by atoms with van der Waals surface area (Å²) in [6.07, 6.45) is 2.39.